The minimum absolute atomic E-state index is 0. The molecular formula is C18H29IN6. The van der Waals surface area contributed by atoms with E-state index in [1.807, 2.05) is 28.8 Å². The number of fused-ring (bicyclic) bond motifs is 1. The zero-order valence-corrected chi connectivity index (χ0v) is 17.4. The molecule has 7 heteroatoms. The molecule has 3 rings (SSSR count). The highest BCUT2D eigenvalue weighted by Crippen LogP contribution is 2.27. The van der Waals surface area contributed by atoms with Crippen LogP contribution in [0.5, 0.6) is 0 Å². The summed E-state index contributed by atoms with van der Waals surface area (Å²) in [6.45, 7) is 6.82. The van der Waals surface area contributed by atoms with Crippen LogP contribution in [0.25, 0.3) is 5.65 Å². The third-order valence-electron chi connectivity index (χ3n) is 4.71. The second-order valence-corrected chi connectivity index (χ2v) is 6.76. The number of halogens is 1. The summed E-state index contributed by atoms with van der Waals surface area (Å²) in [6, 6.07) is 5.90. The lowest BCUT2D eigenvalue weighted by atomic mass is 9.82. The fraction of sp³-hybridized carbons (Fsp3) is 0.611. The van der Waals surface area contributed by atoms with Crippen LogP contribution in [-0.4, -0.2) is 33.6 Å². The number of aliphatic imine (C=N–C) groups is 1. The Morgan fingerprint density at radius 2 is 2.16 bits per heavy atom. The van der Waals surface area contributed by atoms with Gasteiger partial charge in [-0.25, -0.2) is 4.99 Å². The van der Waals surface area contributed by atoms with Gasteiger partial charge in [-0.15, -0.1) is 34.2 Å². The highest BCUT2D eigenvalue weighted by atomic mass is 127. The van der Waals surface area contributed by atoms with Crippen molar-refractivity contribution in [1.82, 2.24) is 25.2 Å². The minimum Gasteiger partial charge on any atom is -0.357 e. The molecule has 2 unspecified atom stereocenters. The molecule has 2 heterocycles. The van der Waals surface area contributed by atoms with E-state index in [1.165, 1.54) is 25.7 Å². The molecule has 2 N–H and O–H groups in total. The highest BCUT2D eigenvalue weighted by molar-refractivity contribution is 14.0. The second-order valence-electron chi connectivity index (χ2n) is 6.76. The summed E-state index contributed by atoms with van der Waals surface area (Å²) in [5.74, 6) is 3.33. The molecular weight excluding hydrogens is 427 g/mol. The summed E-state index contributed by atoms with van der Waals surface area (Å²) in [7, 11) is 0. The number of nitrogens with one attached hydrogen (secondary N) is 2. The van der Waals surface area contributed by atoms with Crippen molar-refractivity contribution in [3.05, 3.63) is 30.2 Å². The van der Waals surface area contributed by atoms with Crippen molar-refractivity contribution < 1.29 is 0 Å². The van der Waals surface area contributed by atoms with Gasteiger partial charge in [-0.3, -0.25) is 4.40 Å². The molecule has 0 aromatic carbocycles. The van der Waals surface area contributed by atoms with Crippen LogP contribution < -0.4 is 10.6 Å². The first kappa shape index (κ1) is 19.9. The van der Waals surface area contributed by atoms with Crippen molar-refractivity contribution in [3.8, 4) is 0 Å². The Morgan fingerprint density at radius 3 is 2.96 bits per heavy atom. The first-order valence-electron chi connectivity index (χ1n) is 9.07. The van der Waals surface area contributed by atoms with Crippen LogP contribution in [0.2, 0.25) is 0 Å². The lowest BCUT2D eigenvalue weighted by molar-refractivity contribution is 0.282. The van der Waals surface area contributed by atoms with Gasteiger partial charge in [-0.05, 0) is 43.7 Å². The molecule has 2 atom stereocenters. The Labute approximate surface area is 166 Å². The molecule has 2 aromatic heterocycles. The van der Waals surface area contributed by atoms with E-state index in [0.717, 1.165) is 42.4 Å². The lowest BCUT2D eigenvalue weighted by Crippen LogP contribution is -2.40. The van der Waals surface area contributed by atoms with Crippen molar-refractivity contribution in [3.63, 3.8) is 0 Å². The molecule has 6 nitrogen and oxygen atoms in total. The van der Waals surface area contributed by atoms with Crippen LogP contribution in [-0.2, 0) is 6.54 Å². The van der Waals surface area contributed by atoms with E-state index in [4.69, 9.17) is 0 Å². The fourth-order valence-corrected chi connectivity index (χ4v) is 3.48. The zero-order valence-electron chi connectivity index (χ0n) is 15.1. The van der Waals surface area contributed by atoms with Crippen LogP contribution in [0, 0.1) is 11.8 Å². The monoisotopic (exact) mass is 456 g/mol. The van der Waals surface area contributed by atoms with Crippen LogP contribution >= 0.6 is 24.0 Å². The van der Waals surface area contributed by atoms with Gasteiger partial charge in [-0.1, -0.05) is 25.8 Å². The summed E-state index contributed by atoms with van der Waals surface area (Å²) in [5, 5.41) is 15.2. The van der Waals surface area contributed by atoms with Crippen molar-refractivity contribution in [2.24, 2.45) is 16.8 Å². The van der Waals surface area contributed by atoms with Crippen LogP contribution in [0.15, 0.2) is 29.4 Å². The topological polar surface area (TPSA) is 66.6 Å². The summed E-state index contributed by atoms with van der Waals surface area (Å²) in [6.07, 6.45) is 7.36. The zero-order chi connectivity index (χ0) is 16.8. The predicted octanol–water partition coefficient (Wildman–Crippen LogP) is 3.23. The number of nitrogens with zero attached hydrogens (tertiary/aromatic N) is 4. The molecule has 1 fully saturated rings. The Kier molecular flexibility index (Phi) is 7.92. The van der Waals surface area contributed by atoms with Crippen LogP contribution in [0.4, 0.5) is 0 Å². The van der Waals surface area contributed by atoms with Gasteiger partial charge in [0.2, 0.25) is 0 Å². The Hall–Kier alpha value is -1.38. The van der Waals surface area contributed by atoms with E-state index in [2.05, 4.69) is 39.7 Å². The van der Waals surface area contributed by atoms with Crippen LogP contribution in [0.1, 0.15) is 45.4 Å². The number of guanidine groups is 1. The van der Waals surface area contributed by atoms with E-state index in [9.17, 15) is 0 Å². The van der Waals surface area contributed by atoms with Gasteiger partial charge in [0.15, 0.2) is 17.4 Å². The van der Waals surface area contributed by atoms with E-state index in [0.29, 0.717) is 6.54 Å². The molecule has 2 aromatic rings. The fourth-order valence-electron chi connectivity index (χ4n) is 3.48. The smallest absolute Gasteiger partial charge is 0.191 e. The molecule has 0 aliphatic heterocycles. The molecule has 0 bridgehead atoms. The van der Waals surface area contributed by atoms with E-state index in [-0.39, 0.29) is 24.0 Å². The lowest BCUT2D eigenvalue weighted by Gasteiger charge is -2.27. The normalized spacial score (nSPS) is 21.0. The van der Waals surface area contributed by atoms with Gasteiger partial charge >= 0.3 is 0 Å². The molecule has 25 heavy (non-hydrogen) atoms. The third-order valence-corrected chi connectivity index (χ3v) is 4.71. The summed E-state index contributed by atoms with van der Waals surface area (Å²) < 4.78 is 1.98. The number of hydrogen-bond donors (Lipinski definition) is 2. The van der Waals surface area contributed by atoms with Gasteiger partial charge in [0.25, 0.3) is 0 Å². The maximum Gasteiger partial charge on any atom is 0.191 e. The van der Waals surface area contributed by atoms with E-state index >= 15 is 0 Å². The quantitative estimate of drug-likeness (QED) is 0.412. The third kappa shape index (κ3) is 5.55. The number of aromatic nitrogens is 3. The standard InChI is InChI=1S/C18H28N6.HI/c1-3-19-18(20-12-15-8-6-7-14(2)11-15)21-13-17-23-22-16-9-4-5-10-24(16)17;/h4-5,9-10,14-15H,3,6-8,11-13H2,1-2H3,(H2,19,20,21);1H. The molecule has 1 aliphatic rings. The first-order chi connectivity index (χ1) is 11.8. The van der Waals surface area contributed by atoms with Crippen molar-refractivity contribution in [2.75, 3.05) is 13.1 Å². The molecule has 1 saturated carbocycles. The average Bonchev–Trinajstić information content (AvgIpc) is 3.01. The van der Waals surface area contributed by atoms with Crippen LogP contribution in [0.3, 0.4) is 0 Å². The number of hydrogen-bond acceptors (Lipinski definition) is 3. The second kappa shape index (κ2) is 9.94. The predicted molar refractivity (Wildman–Crippen MR) is 112 cm³/mol. The molecule has 0 radical (unpaired) electrons. The van der Waals surface area contributed by atoms with Gasteiger partial charge < -0.3 is 10.6 Å². The highest BCUT2D eigenvalue weighted by Gasteiger charge is 2.18. The summed E-state index contributed by atoms with van der Waals surface area (Å²) in [4.78, 5) is 4.68. The summed E-state index contributed by atoms with van der Waals surface area (Å²) in [5.41, 5.74) is 0.858. The van der Waals surface area contributed by atoms with Gasteiger partial charge in [0.05, 0.1) is 0 Å². The first-order valence-corrected chi connectivity index (χ1v) is 9.07. The molecule has 0 spiro atoms. The van der Waals surface area contributed by atoms with Crippen molar-refractivity contribution in [2.45, 2.75) is 46.1 Å². The average molecular weight is 456 g/mol. The Morgan fingerprint density at radius 1 is 1.28 bits per heavy atom. The number of rotatable bonds is 5. The maximum absolute atomic E-state index is 4.68. The molecule has 0 amide bonds. The Balaban J connectivity index is 0.00000225. The van der Waals surface area contributed by atoms with Gasteiger partial charge in [-0.2, -0.15) is 0 Å². The summed E-state index contributed by atoms with van der Waals surface area (Å²) >= 11 is 0. The van der Waals surface area contributed by atoms with Crippen molar-refractivity contribution >= 4 is 35.6 Å². The maximum atomic E-state index is 4.68. The Bertz CT molecular complexity index is 683. The largest absolute Gasteiger partial charge is 0.357 e. The van der Waals surface area contributed by atoms with Crippen molar-refractivity contribution in [1.29, 1.82) is 0 Å². The SMILES string of the molecule is CCNC(=NCc1nnc2ccccn12)NCC1CCCC(C)C1.I. The molecule has 1 aliphatic carbocycles. The van der Waals surface area contributed by atoms with E-state index in [1.54, 1.807) is 0 Å². The van der Waals surface area contributed by atoms with Gasteiger partial charge in [0.1, 0.15) is 6.54 Å². The molecule has 0 saturated heterocycles. The molecule has 138 valence electrons. The minimum atomic E-state index is 0. The van der Waals surface area contributed by atoms with E-state index < -0.39 is 0 Å². The van der Waals surface area contributed by atoms with Gasteiger partial charge in [0, 0.05) is 19.3 Å². The number of pyridine rings is 1.